The highest BCUT2D eigenvalue weighted by molar-refractivity contribution is 5.35. The minimum atomic E-state index is -0.621. The molecule has 0 aliphatic rings. The molecular formula is C12H13FN4O3. The number of aryl methyl sites for hydroxylation is 1. The normalized spacial score (nSPS) is 10.7. The molecular weight excluding hydrogens is 267 g/mol. The molecule has 0 amide bonds. The van der Waals surface area contributed by atoms with E-state index in [9.17, 15) is 14.5 Å². The third-order valence-electron chi connectivity index (χ3n) is 2.58. The van der Waals surface area contributed by atoms with E-state index < -0.39 is 10.7 Å². The number of nitrogens with one attached hydrogen (secondary N) is 1. The van der Waals surface area contributed by atoms with Crippen molar-refractivity contribution in [3.8, 4) is 0 Å². The Morgan fingerprint density at radius 2 is 2.25 bits per heavy atom. The summed E-state index contributed by atoms with van der Waals surface area (Å²) in [6.07, 6.45) is 0.564. The predicted octanol–water partition coefficient (Wildman–Crippen LogP) is 1.76. The third kappa shape index (κ3) is 3.82. The summed E-state index contributed by atoms with van der Waals surface area (Å²) in [5, 5.41) is 17.4. The van der Waals surface area contributed by atoms with Gasteiger partial charge in [-0.05, 0) is 11.6 Å². The van der Waals surface area contributed by atoms with Gasteiger partial charge < -0.3 is 9.84 Å². The van der Waals surface area contributed by atoms with Crippen LogP contribution in [0.5, 0.6) is 0 Å². The SMILES string of the molecule is Cc1nc(CCNCc2cc(F)cc([N+](=O)[O-])c2)no1. The first-order valence-electron chi connectivity index (χ1n) is 5.98. The molecule has 0 fully saturated rings. The Bertz CT molecular complexity index is 614. The lowest BCUT2D eigenvalue weighted by molar-refractivity contribution is -0.385. The van der Waals surface area contributed by atoms with Crippen molar-refractivity contribution in [2.24, 2.45) is 0 Å². The maximum atomic E-state index is 13.2. The average molecular weight is 280 g/mol. The molecule has 0 aliphatic carbocycles. The number of nitro benzene ring substituents is 1. The van der Waals surface area contributed by atoms with Crippen molar-refractivity contribution in [1.82, 2.24) is 15.5 Å². The van der Waals surface area contributed by atoms with Gasteiger partial charge in [0.2, 0.25) is 5.89 Å². The summed E-state index contributed by atoms with van der Waals surface area (Å²) in [5.74, 6) is 0.464. The lowest BCUT2D eigenvalue weighted by Gasteiger charge is -2.03. The van der Waals surface area contributed by atoms with Gasteiger partial charge in [0.05, 0.1) is 11.0 Å². The Morgan fingerprint density at radius 3 is 2.90 bits per heavy atom. The highest BCUT2D eigenvalue weighted by Crippen LogP contribution is 2.16. The number of hydrogen-bond acceptors (Lipinski definition) is 6. The molecule has 8 heteroatoms. The fourth-order valence-corrected chi connectivity index (χ4v) is 1.72. The molecule has 0 saturated carbocycles. The second-order valence-electron chi connectivity index (χ2n) is 4.23. The first kappa shape index (κ1) is 14.1. The molecule has 0 saturated heterocycles. The van der Waals surface area contributed by atoms with Crippen LogP contribution in [-0.4, -0.2) is 21.6 Å². The summed E-state index contributed by atoms with van der Waals surface area (Å²) in [6.45, 7) is 2.59. The van der Waals surface area contributed by atoms with E-state index in [2.05, 4.69) is 15.5 Å². The monoisotopic (exact) mass is 280 g/mol. The Labute approximate surface area is 114 Å². The smallest absolute Gasteiger partial charge is 0.272 e. The van der Waals surface area contributed by atoms with E-state index >= 15 is 0 Å². The van der Waals surface area contributed by atoms with Crippen LogP contribution in [0, 0.1) is 22.9 Å². The molecule has 7 nitrogen and oxygen atoms in total. The van der Waals surface area contributed by atoms with Gasteiger partial charge >= 0.3 is 0 Å². The quantitative estimate of drug-likeness (QED) is 0.492. The molecule has 0 unspecified atom stereocenters. The molecule has 0 aliphatic heterocycles. The van der Waals surface area contributed by atoms with Crippen LogP contribution in [-0.2, 0) is 13.0 Å². The standard InChI is InChI=1S/C12H13FN4O3/c1-8-15-12(16-20-8)2-3-14-7-9-4-10(13)6-11(5-9)17(18)19/h4-6,14H,2-3,7H2,1H3. The van der Waals surface area contributed by atoms with E-state index in [4.69, 9.17) is 4.52 Å². The molecule has 1 N–H and O–H groups in total. The first-order chi connectivity index (χ1) is 9.54. The van der Waals surface area contributed by atoms with Crippen LogP contribution in [0.15, 0.2) is 22.7 Å². The van der Waals surface area contributed by atoms with Gasteiger partial charge in [0, 0.05) is 32.5 Å². The molecule has 1 heterocycles. The highest BCUT2D eigenvalue weighted by atomic mass is 19.1. The molecule has 0 atom stereocenters. The van der Waals surface area contributed by atoms with Crippen LogP contribution in [0.3, 0.4) is 0 Å². The van der Waals surface area contributed by atoms with E-state index in [0.717, 1.165) is 6.07 Å². The molecule has 2 aromatic rings. The predicted molar refractivity (Wildman–Crippen MR) is 67.5 cm³/mol. The summed E-state index contributed by atoms with van der Waals surface area (Å²) in [7, 11) is 0. The summed E-state index contributed by atoms with van der Waals surface area (Å²) in [5.41, 5.74) is 0.261. The van der Waals surface area contributed by atoms with Crippen molar-refractivity contribution in [3.05, 3.63) is 51.4 Å². The van der Waals surface area contributed by atoms with Gasteiger partial charge in [-0.25, -0.2) is 4.39 Å². The summed E-state index contributed by atoms with van der Waals surface area (Å²) >= 11 is 0. The van der Waals surface area contributed by atoms with Crippen molar-refractivity contribution in [2.75, 3.05) is 6.54 Å². The minimum Gasteiger partial charge on any atom is -0.340 e. The van der Waals surface area contributed by atoms with Gasteiger partial charge in [0.15, 0.2) is 5.82 Å². The minimum absolute atomic E-state index is 0.254. The largest absolute Gasteiger partial charge is 0.340 e. The van der Waals surface area contributed by atoms with Crippen LogP contribution in [0.4, 0.5) is 10.1 Å². The van der Waals surface area contributed by atoms with Gasteiger partial charge in [0.25, 0.3) is 5.69 Å². The van der Waals surface area contributed by atoms with Gasteiger partial charge in [-0.3, -0.25) is 10.1 Å². The molecule has 0 spiro atoms. The van der Waals surface area contributed by atoms with Gasteiger partial charge in [-0.2, -0.15) is 4.98 Å². The molecule has 1 aromatic carbocycles. The zero-order valence-electron chi connectivity index (χ0n) is 10.8. The lowest BCUT2D eigenvalue weighted by Crippen LogP contribution is -2.17. The molecule has 106 valence electrons. The van der Waals surface area contributed by atoms with Crippen LogP contribution >= 0.6 is 0 Å². The number of halogens is 1. The Hall–Kier alpha value is -2.35. The van der Waals surface area contributed by atoms with E-state index in [1.165, 1.54) is 12.1 Å². The topological polar surface area (TPSA) is 94.1 Å². The van der Waals surface area contributed by atoms with E-state index in [1.807, 2.05) is 0 Å². The van der Waals surface area contributed by atoms with Crippen molar-refractivity contribution in [2.45, 2.75) is 19.9 Å². The number of nitro groups is 1. The fourth-order valence-electron chi connectivity index (χ4n) is 1.72. The summed E-state index contributed by atoms with van der Waals surface area (Å²) in [4.78, 5) is 14.0. The molecule has 20 heavy (non-hydrogen) atoms. The number of aromatic nitrogens is 2. The average Bonchev–Trinajstić information content (AvgIpc) is 2.80. The Kier molecular flexibility index (Phi) is 4.36. The highest BCUT2D eigenvalue weighted by Gasteiger charge is 2.09. The third-order valence-corrected chi connectivity index (χ3v) is 2.58. The van der Waals surface area contributed by atoms with Crippen LogP contribution in [0.2, 0.25) is 0 Å². The van der Waals surface area contributed by atoms with E-state index in [0.29, 0.717) is 36.8 Å². The number of rotatable bonds is 6. The Morgan fingerprint density at radius 1 is 1.45 bits per heavy atom. The van der Waals surface area contributed by atoms with Crippen LogP contribution in [0.25, 0.3) is 0 Å². The second kappa shape index (κ2) is 6.20. The first-order valence-corrected chi connectivity index (χ1v) is 5.98. The zero-order chi connectivity index (χ0) is 14.5. The molecule has 1 aromatic heterocycles. The van der Waals surface area contributed by atoms with Gasteiger partial charge in [-0.15, -0.1) is 0 Å². The number of nitrogens with zero attached hydrogens (tertiary/aromatic N) is 3. The summed E-state index contributed by atoms with van der Waals surface area (Å²) in [6, 6.07) is 3.50. The van der Waals surface area contributed by atoms with Crippen LogP contribution < -0.4 is 5.32 Å². The van der Waals surface area contributed by atoms with E-state index in [-0.39, 0.29) is 5.69 Å². The lowest BCUT2D eigenvalue weighted by atomic mass is 10.2. The molecule has 0 radical (unpaired) electrons. The van der Waals surface area contributed by atoms with Gasteiger partial charge in [0.1, 0.15) is 5.82 Å². The van der Waals surface area contributed by atoms with Crippen molar-refractivity contribution in [1.29, 1.82) is 0 Å². The number of non-ortho nitro benzene ring substituents is 1. The van der Waals surface area contributed by atoms with Crippen LogP contribution in [0.1, 0.15) is 17.3 Å². The van der Waals surface area contributed by atoms with Crippen molar-refractivity contribution >= 4 is 5.69 Å². The Balaban J connectivity index is 1.86. The maximum Gasteiger partial charge on any atom is 0.272 e. The second-order valence-corrected chi connectivity index (χ2v) is 4.23. The van der Waals surface area contributed by atoms with Crippen molar-refractivity contribution in [3.63, 3.8) is 0 Å². The zero-order valence-corrected chi connectivity index (χ0v) is 10.8. The summed E-state index contributed by atoms with van der Waals surface area (Å²) < 4.78 is 18.0. The number of benzene rings is 1. The fraction of sp³-hybridized carbons (Fsp3) is 0.333. The molecule has 2 rings (SSSR count). The van der Waals surface area contributed by atoms with E-state index in [1.54, 1.807) is 6.92 Å². The molecule has 0 bridgehead atoms. The number of hydrogen-bond donors (Lipinski definition) is 1. The maximum absolute atomic E-state index is 13.2. The van der Waals surface area contributed by atoms with Gasteiger partial charge in [-0.1, -0.05) is 5.16 Å². The van der Waals surface area contributed by atoms with Crippen molar-refractivity contribution < 1.29 is 13.8 Å².